The van der Waals surface area contributed by atoms with E-state index < -0.39 is 0 Å². The summed E-state index contributed by atoms with van der Waals surface area (Å²) in [5, 5.41) is 12.2. The Morgan fingerprint density at radius 3 is 2.32 bits per heavy atom. The first-order valence-corrected chi connectivity index (χ1v) is 8.11. The zero-order chi connectivity index (χ0) is 18.2. The van der Waals surface area contributed by atoms with Gasteiger partial charge in [0.25, 0.3) is 5.91 Å². The molecule has 0 aromatic heterocycles. The summed E-state index contributed by atoms with van der Waals surface area (Å²) >= 11 is 0. The molecule has 5 nitrogen and oxygen atoms in total. The Hall–Kier alpha value is -3.26. The molecule has 0 atom stereocenters. The second kappa shape index (κ2) is 8.55. The Morgan fingerprint density at radius 2 is 1.76 bits per heavy atom. The van der Waals surface area contributed by atoms with E-state index in [1.807, 2.05) is 62.4 Å². The van der Waals surface area contributed by atoms with Gasteiger partial charge in [0.2, 0.25) is 0 Å². The number of nitrogen functional groups attached to an aromatic ring is 1. The number of hydrogen-bond acceptors (Lipinski definition) is 4. The Bertz CT molecular complexity index is 774. The lowest BCUT2D eigenvalue weighted by Crippen LogP contribution is -2.29. The van der Waals surface area contributed by atoms with Crippen LogP contribution in [0.2, 0.25) is 0 Å². The van der Waals surface area contributed by atoms with Crippen LogP contribution in [0.5, 0.6) is 0 Å². The normalized spacial score (nSPS) is 11.0. The number of benzene rings is 2. The summed E-state index contributed by atoms with van der Waals surface area (Å²) < 4.78 is 0. The third-order valence-corrected chi connectivity index (χ3v) is 3.50. The summed E-state index contributed by atoms with van der Waals surface area (Å²) in [6.07, 6.45) is 1.55. The fourth-order valence-corrected chi connectivity index (χ4v) is 2.18. The zero-order valence-corrected chi connectivity index (χ0v) is 14.4. The van der Waals surface area contributed by atoms with Gasteiger partial charge in [-0.15, -0.1) is 0 Å². The van der Waals surface area contributed by atoms with E-state index in [0.29, 0.717) is 18.2 Å². The van der Waals surface area contributed by atoms with Gasteiger partial charge in [-0.25, -0.2) is 0 Å². The molecular weight excluding hydrogens is 312 g/mol. The maximum Gasteiger partial charge on any atom is 0.263 e. The number of para-hydroxylation sites is 1. The Morgan fingerprint density at radius 1 is 1.16 bits per heavy atom. The van der Waals surface area contributed by atoms with Crippen LogP contribution >= 0.6 is 0 Å². The first-order chi connectivity index (χ1) is 12.0. The summed E-state index contributed by atoms with van der Waals surface area (Å²) in [6.45, 7) is 4.52. The van der Waals surface area contributed by atoms with Crippen molar-refractivity contribution in [1.29, 1.82) is 5.26 Å². The van der Waals surface area contributed by atoms with Crippen LogP contribution < -0.4 is 16.0 Å². The van der Waals surface area contributed by atoms with Crippen LogP contribution in [0, 0.1) is 17.2 Å². The first-order valence-electron chi connectivity index (χ1n) is 8.11. The van der Waals surface area contributed by atoms with E-state index in [-0.39, 0.29) is 11.5 Å². The van der Waals surface area contributed by atoms with Gasteiger partial charge < -0.3 is 16.0 Å². The van der Waals surface area contributed by atoms with Crippen LogP contribution in [0.3, 0.4) is 0 Å². The largest absolute Gasteiger partial charge is 0.399 e. The monoisotopic (exact) mass is 334 g/mol. The van der Waals surface area contributed by atoms with E-state index >= 15 is 0 Å². The van der Waals surface area contributed by atoms with Crippen LogP contribution in [0.4, 0.5) is 17.1 Å². The highest BCUT2D eigenvalue weighted by atomic mass is 16.1. The molecule has 0 saturated carbocycles. The molecule has 0 aliphatic carbocycles. The standard InChI is InChI=1S/C20H22N4O/c1-15(2)13-23-20(25)16(12-21)14-24(18-6-4-3-5-7-18)19-10-8-17(22)9-11-19/h3-11,14-15H,13,22H2,1-2H3,(H,23,25)/b16-14-. The highest BCUT2D eigenvalue weighted by molar-refractivity contribution is 5.98. The zero-order valence-electron chi connectivity index (χ0n) is 14.4. The smallest absolute Gasteiger partial charge is 0.263 e. The van der Waals surface area contributed by atoms with Crippen molar-refractivity contribution in [2.24, 2.45) is 5.92 Å². The summed E-state index contributed by atoms with van der Waals surface area (Å²) in [5.74, 6) is -0.0706. The average molecular weight is 334 g/mol. The van der Waals surface area contributed by atoms with E-state index in [9.17, 15) is 10.1 Å². The van der Waals surface area contributed by atoms with Crippen LogP contribution in [0.1, 0.15) is 13.8 Å². The highest BCUT2D eigenvalue weighted by Gasteiger charge is 2.14. The number of nitrogens with zero attached hydrogens (tertiary/aromatic N) is 2. The highest BCUT2D eigenvalue weighted by Crippen LogP contribution is 2.27. The maximum atomic E-state index is 12.3. The van der Waals surface area contributed by atoms with Gasteiger partial charge >= 0.3 is 0 Å². The molecule has 2 rings (SSSR count). The molecule has 0 heterocycles. The molecular formula is C20H22N4O. The molecule has 0 bridgehead atoms. The number of hydrogen-bond donors (Lipinski definition) is 2. The molecule has 2 aromatic carbocycles. The summed E-state index contributed by atoms with van der Waals surface area (Å²) in [7, 11) is 0. The Kier molecular flexibility index (Phi) is 6.19. The summed E-state index contributed by atoms with van der Waals surface area (Å²) in [4.78, 5) is 14.1. The molecule has 3 N–H and O–H groups in total. The third kappa shape index (κ3) is 5.11. The lowest BCUT2D eigenvalue weighted by atomic mass is 10.2. The van der Waals surface area contributed by atoms with Gasteiger partial charge in [-0.2, -0.15) is 5.26 Å². The van der Waals surface area contributed by atoms with E-state index in [1.54, 1.807) is 23.2 Å². The minimum absolute atomic E-state index is 0.0429. The van der Waals surface area contributed by atoms with Crippen LogP contribution in [-0.2, 0) is 4.79 Å². The van der Waals surface area contributed by atoms with Gasteiger partial charge in [-0.1, -0.05) is 32.0 Å². The summed E-state index contributed by atoms with van der Waals surface area (Å²) in [5.41, 5.74) is 8.10. The molecule has 128 valence electrons. The number of carbonyl (C=O) groups is 1. The SMILES string of the molecule is CC(C)CNC(=O)/C(C#N)=C\N(c1ccccc1)c1ccc(N)cc1. The molecule has 0 unspecified atom stereocenters. The van der Waals surface area contributed by atoms with Crippen LogP contribution in [0.15, 0.2) is 66.4 Å². The van der Waals surface area contributed by atoms with Crippen molar-refractivity contribution >= 4 is 23.0 Å². The van der Waals surface area contributed by atoms with E-state index in [2.05, 4.69) is 5.32 Å². The molecule has 0 aliphatic heterocycles. The molecule has 0 fully saturated rings. The number of nitrogens with two attached hydrogens (primary N) is 1. The van der Waals surface area contributed by atoms with Gasteiger partial charge in [-0.3, -0.25) is 4.79 Å². The molecule has 5 heteroatoms. The van der Waals surface area contributed by atoms with Gasteiger partial charge in [0, 0.05) is 29.8 Å². The molecule has 0 spiro atoms. The van der Waals surface area contributed by atoms with Crippen molar-refractivity contribution in [3.05, 3.63) is 66.4 Å². The maximum absolute atomic E-state index is 12.3. The van der Waals surface area contributed by atoms with Crippen molar-refractivity contribution in [3.8, 4) is 6.07 Å². The van der Waals surface area contributed by atoms with Gasteiger partial charge in [0.1, 0.15) is 11.6 Å². The predicted octanol–water partition coefficient (Wildman–Crippen LogP) is 3.59. The number of amides is 1. The lowest BCUT2D eigenvalue weighted by molar-refractivity contribution is -0.117. The van der Waals surface area contributed by atoms with Gasteiger partial charge in [-0.05, 0) is 42.3 Å². The minimum atomic E-state index is -0.382. The predicted molar refractivity (Wildman–Crippen MR) is 101 cm³/mol. The van der Waals surface area contributed by atoms with Gasteiger partial charge in [0.15, 0.2) is 0 Å². The lowest BCUT2D eigenvalue weighted by Gasteiger charge is -2.21. The molecule has 1 amide bonds. The fourth-order valence-electron chi connectivity index (χ4n) is 2.18. The van der Waals surface area contributed by atoms with E-state index in [1.165, 1.54) is 0 Å². The van der Waals surface area contributed by atoms with E-state index in [0.717, 1.165) is 11.4 Å². The Balaban J connectivity index is 2.39. The summed E-state index contributed by atoms with van der Waals surface area (Å²) in [6, 6.07) is 18.8. The van der Waals surface area contributed by atoms with Crippen molar-refractivity contribution in [3.63, 3.8) is 0 Å². The quantitative estimate of drug-likeness (QED) is 0.480. The van der Waals surface area contributed by atoms with Crippen molar-refractivity contribution in [1.82, 2.24) is 5.32 Å². The van der Waals surface area contributed by atoms with E-state index in [4.69, 9.17) is 5.73 Å². The molecule has 0 saturated heterocycles. The average Bonchev–Trinajstić information content (AvgIpc) is 2.62. The molecule has 0 aliphatic rings. The van der Waals surface area contributed by atoms with Crippen molar-refractivity contribution in [2.75, 3.05) is 17.2 Å². The van der Waals surface area contributed by atoms with Crippen LogP contribution in [0.25, 0.3) is 0 Å². The number of anilines is 3. The van der Waals surface area contributed by atoms with Gasteiger partial charge in [0.05, 0.1) is 0 Å². The van der Waals surface area contributed by atoms with Crippen LogP contribution in [-0.4, -0.2) is 12.5 Å². The number of nitrogens with one attached hydrogen (secondary N) is 1. The van der Waals surface area contributed by atoms with Crippen molar-refractivity contribution in [2.45, 2.75) is 13.8 Å². The fraction of sp³-hybridized carbons (Fsp3) is 0.200. The number of rotatable bonds is 6. The second-order valence-corrected chi connectivity index (χ2v) is 6.06. The molecule has 2 aromatic rings. The Labute approximate surface area is 148 Å². The number of carbonyl (C=O) groups excluding carboxylic acids is 1. The third-order valence-electron chi connectivity index (χ3n) is 3.50. The van der Waals surface area contributed by atoms with Crippen molar-refractivity contribution < 1.29 is 4.79 Å². The minimum Gasteiger partial charge on any atom is -0.399 e. The second-order valence-electron chi connectivity index (χ2n) is 6.06. The molecule has 25 heavy (non-hydrogen) atoms. The number of nitriles is 1. The topological polar surface area (TPSA) is 82.2 Å². The first kappa shape index (κ1) is 18.1. The molecule has 0 radical (unpaired) electrons.